The number of benzene rings is 1. The summed E-state index contributed by atoms with van der Waals surface area (Å²) in [4.78, 5) is 0. The van der Waals surface area contributed by atoms with Gasteiger partial charge in [0.1, 0.15) is 0 Å². The summed E-state index contributed by atoms with van der Waals surface area (Å²) >= 11 is 0. The molecule has 1 aromatic rings. The molecule has 3 atom stereocenters. The van der Waals surface area contributed by atoms with Crippen LogP contribution in [0.3, 0.4) is 0 Å². The molecule has 0 heterocycles. The van der Waals surface area contributed by atoms with Crippen LogP contribution in [-0.2, 0) is 6.42 Å². The van der Waals surface area contributed by atoms with Gasteiger partial charge in [0.05, 0.1) is 14.2 Å². The van der Waals surface area contributed by atoms with Gasteiger partial charge in [0.25, 0.3) is 0 Å². The molecule has 110 valence electrons. The SMILES string of the molecule is COc1ccc(CCN[C@@H]2C[C@@H]3CC[C@@H]2C3)cc1OC. The van der Waals surface area contributed by atoms with Crippen molar-refractivity contribution < 1.29 is 9.47 Å². The van der Waals surface area contributed by atoms with Crippen molar-refractivity contribution in [2.75, 3.05) is 20.8 Å². The summed E-state index contributed by atoms with van der Waals surface area (Å²) in [6.45, 7) is 1.06. The molecule has 1 aromatic carbocycles. The first-order valence-electron chi connectivity index (χ1n) is 7.74. The zero-order valence-electron chi connectivity index (χ0n) is 12.5. The molecule has 0 aliphatic heterocycles. The second-order valence-corrected chi connectivity index (χ2v) is 6.17. The van der Waals surface area contributed by atoms with Crippen LogP contribution in [0.2, 0.25) is 0 Å². The molecular weight excluding hydrogens is 250 g/mol. The quantitative estimate of drug-likeness (QED) is 0.865. The van der Waals surface area contributed by atoms with E-state index in [-0.39, 0.29) is 0 Å². The Morgan fingerprint density at radius 1 is 1.10 bits per heavy atom. The summed E-state index contributed by atoms with van der Waals surface area (Å²) in [7, 11) is 3.36. The zero-order chi connectivity index (χ0) is 13.9. The highest BCUT2D eigenvalue weighted by Gasteiger charge is 2.38. The van der Waals surface area contributed by atoms with Crippen LogP contribution in [0.15, 0.2) is 18.2 Å². The van der Waals surface area contributed by atoms with Crippen LogP contribution >= 0.6 is 0 Å². The van der Waals surface area contributed by atoms with E-state index in [1.807, 2.05) is 6.07 Å². The molecule has 2 fully saturated rings. The Labute approximate surface area is 121 Å². The lowest BCUT2D eigenvalue weighted by molar-refractivity contribution is 0.351. The van der Waals surface area contributed by atoms with Crippen LogP contribution in [-0.4, -0.2) is 26.8 Å². The molecule has 0 spiro atoms. The number of rotatable bonds is 6. The maximum atomic E-state index is 5.35. The van der Waals surface area contributed by atoms with Gasteiger partial charge in [-0.15, -0.1) is 0 Å². The molecule has 2 aliphatic rings. The van der Waals surface area contributed by atoms with Gasteiger partial charge in [-0.05, 0) is 61.8 Å². The maximum Gasteiger partial charge on any atom is 0.160 e. The van der Waals surface area contributed by atoms with Gasteiger partial charge in [-0.1, -0.05) is 12.5 Å². The van der Waals surface area contributed by atoms with E-state index < -0.39 is 0 Å². The Kier molecular flexibility index (Phi) is 4.16. The fraction of sp³-hybridized carbons (Fsp3) is 0.647. The van der Waals surface area contributed by atoms with E-state index in [4.69, 9.17) is 9.47 Å². The average molecular weight is 275 g/mol. The van der Waals surface area contributed by atoms with Crippen molar-refractivity contribution in [3.05, 3.63) is 23.8 Å². The molecule has 3 rings (SSSR count). The molecule has 2 bridgehead atoms. The standard InChI is InChI=1S/C17H25NO2/c1-19-16-6-4-12(11-17(16)20-2)7-8-18-15-10-13-3-5-14(15)9-13/h4,6,11,13-15,18H,3,5,7-10H2,1-2H3/t13-,14-,15-/m1/s1. The normalized spacial score (nSPS) is 27.8. The highest BCUT2D eigenvalue weighted by atomic mass is 16.5. The first-order chi connectivity index (χ1) is 9.80. The highest BCUT2D eigenvalue weighted by molar-refractivity contribution is 5.42. The van der Waals surface area contributed by atoms with Gasteiger partial charge in [0.15, 0.2) is 11.5 Å². The van der Waals surface area contributed by atoms with Crippen LogP contribution in [0, 0.1) is 11.8 Å². The third kappa shape index (κ3) is 2.78. The summed E-state index contributed by atoms with van der Waals surface area (Å²) in [6, 6.07) is 6.98. The molecule has 0 saturated heterocycles. The van der Waals surface area contributed by atoms with E-state index in [9.17, 15) is 0 Å². The highest BCUT2D eigenvalue weighted by Crippen LogP contribution is 2.44. The molecule has 20 heavy (non-hydrogen) atoms. The number of hydrogen-bond donors (Lipinski definition) is 1. The van der Waals surface area contributed by atoms with Crippen LogP contribution in [0.4, 0.5) is 0 Å². The minimum absolute atomic E-state index is 0.772. The lowest BCUT2D eigenvalue weighted by atomic mass is 9.95. The monoisotopic (exact) mass is 275 g/mol. The number of nitrogens with one attached hydrogen (secondary N) is 1. The first kappa shape index (κ1) is 13.7. The predicted octanol–water partition coefficient (Wildman–Crippen LogP) is 3.02. The van der Waals surface area contributed by atoms with Crippen LogP contribution in [0.5, 0.6) is 11.5 Å². The number of ether oxygens (including phenoxy) is 2. The molecule has 0 radical (unpaired) electrons. The fourth-order valence-electron chi connectivity index (χ4n) is 3.93. The summed E-state index contributed by atoms with van der Waals surface area (Å²) in [5, 5.41) is 3.76. The Hall–Kier alpha value is -1.22. The number of hydrogen-bond acceptors (Lipinski definition) is 3. The van der Waals surface area contributed by atoms with Gasteiger partial charge in [-0.3, -0.25) is 0 Å². The Morgan fingerprint density at radius 2 is 1.95 bits per heavy atom. The molecule has 3 heteroatoms. The predicted molar refractivity (Wildman–Crippen MR) is 80.5 cm³/mol. The molecule has 0 aromatic heterocycles. The fourth-order valence-corrected chi connectivity index (χ4v) is 3.93. The van der Waals surface area contributed by atoms with Crippen LogP contribution in [0.25, 0.3) is 0 Å². The van der Waals surface area contributed by atoms with Gasteiger partial charge < -0.3 is 14.8 Å². The molecular formula is C17H25NO2. The smallest absolute Gasteiger partial charge is 0.160 e. The van der Waals surface area contributed by atoms with E-state index in [0.29, 0.717) is 0 Å². The second-order valence-electron chi connectivity index (χ2n) is 6.17. The van der Waals surface area contributed by atoms with E-state index in [1.165, 1.54) is 31.2 Å². The number of methoxy groups -OCH3 is 2. The van der Waals surface area contributed by atoms with Crippen molar-refractivity contribution in [3.8, 4) is 11.5 Å². The molecule has 1 N–H and O–H groups in total. The van der Waals surface area contributed by atoms with Crippen LogP contribution in [0.1, 0.15) is 31.2 Å². The van der Waals surface area contributed by atoms with Crippen LogP contribution < -0.4 is 14.8 Å². The minimum atomic E-state index is 0.772. The van der Waals surface area contributed by atoms with E-state index >= 15 is 0 Å². The van der Waals surface area contributed by atoms with Gasteiger partial charge in [-0.2, -0.15) is 0 Å². The molecule has 0 amide bonds. The molecule has 2 saturated carbocycles. The zero-order valence-corrected chi connectivity index (χ0v) is 12.5. The Balaban J connectivity index is 1.51. The third-order valence-electron chi connectivity index (χ3n) is 5.01. The summed E-state index contributed by atoms with van der Waals surface area (Å²) in [6.07, 6.45) is 6.83. The van der Waals surface area contributed by atoms with Crippen molar-refractivity contribution in [2.45, 2.75) is 38.1 Å². The lowest BCUT2D eigenvalue weighted by Crippen LogP contribution is -2.35. The maximum absolute atomic E-state index is 5.35. The Bertz CT molecular complexity index is 460. The molecule has 3 nitrogen and oxygen atoms in total. The van der Waals surface area contributed by atoms with Crippen molar-refractivity contribution in [1.82, 2.24) is 5.32 Å². The van der Waals surface area contributed by atoms with Gasteiger partial charge in [0, 0.05) is 6.04 Å². The van der Waals surface area contributed by atoms with E-state index in [0.717, 1.165) is 42.3 Å². The lowest BCUT2D eigenvalue weighted by Gasteiger charge is -2.23. The van der Waals surface area contributed by atoms with Crippen molar-refractivity contribution in [3.63, 3.8) is 0 Å². The van der Waals surface area contributed by atoms with E-state index in [1.54, 1.807) is 14.2 Å². The summed E-state index contributed by atoms with van der Waals surface area (Å²) < 4.78 is 10.6. The first-order valence-corrected chi connectivity index (χ1v) is 7.74. The second kappa shape index (κ2) is 6.04. The Morgan fingerprint density at radius 3 is 2.60 bits per heavy atom. The van der Waals surface area contributed by atoms with E-state index in [2.05, 4.69) is 17.4 Å². The minimum Gasteiger partial charge on any atom is -0.493 e. The van der Waals surface area contributed by atoms with Crippen molar-refractivity contribution >= 4 is 0 Å². The summed E-state index contributed by atoms with van der Waals surface area (Å²) in [5.74, 6) is 3.59. The van der Waals surface area contributed by atoms with Crippen molar-refractivity contribution in [1.29, 1.82) is 0 Å². The largest absolute Gasteiger partial charge is 0.493 e. The van der Waals surface area contributed by atoms with Gasteiger partial charge in [0.2, 0.25) is 0 Å². The van der Waals surface area contributed by atoms with Gasteiger partial charge in [-0.25, -0.2) is 0 Å². The molecule has 2 aliphatic carbocycles. The average Bonchev–Trinajstić information content (AvgIpc) is 3.09. The van der Waals surface area contributed by atoms with Crippen molar-refractivity contribution in [2.24, 2.45) is 11.8 Å². The van der Waals surface area contributed by atoms with Gasteiger partial charge >= 0.3 is 0 Å². The summed E-state index contributed by atoms with van der Waals surface area (Å²) in [5.41, 5.74) is 1.30. The number of fused-ring (bicyclic) bond motifs is 2. The topological polar surface area (TPSA) is 30.5 Å². The third-order valence-corrected chi connectivity index (χ3v) is 5.01. The molecule has 0 unspecified atom stereocenters.